The number of tetrazole rings is 1. The molecule has 0 saturated heterocycles. The van der Waals surface area contributed by atoms with Crippen LogP contribution in [0.25, 0.3) is 5.69 Å². The Balaban J connectivity index is 1.63. The molecule has 0 unspecified atom stereocenters. The zero-order chi connectivity index (χ0) is 21.0. The van der Waals surface area contributed by atoms with Crippen molar-refractivity contribution in [2.24, 2.45) is 0 Å². The van der Waals surface area contributed by atoms with Gasteiger partial charge in [-0.25, -0.2) is 0 Å². The molecule has 0 aliphatic heterocycles. The van der Waals surface area contributed by atoms with Gasteiger partial charge in [-0.05, 0) is 65.7 Å². The minimum absolute atomic E-state index is 0.0864. The summed E-state index contributed by atoms with van der Waals surface area (Å²) in [5, 5.41) is 15.2. The minimum atomic E-state index is -0.183. The summed E-state index contributed by atoms with van der Waals surface area (Å²) in [6.07, 6.45) is 0. The Morgan fingerprint density at radius 2 is 1.83 bits per heavy atom. The minimum Gasteiger partial charge on any atom is -0.345 e. The van der Waals surface area contributed by atoms with Gasteiger partial charge in [0, 0.05) is 25.3 Å². The summed E-state index contributed by atoms with van der Waals surface area (Å²) >= 11 is 1.26. The van der Waals surface area contributed by atoms with Crippen molar-refractivity contribution in [2.45, 2.75) is 19.0 Å². The molecule has 0 aliphatic rings. The van der Waals surface area contributed by atoms with Crippen molar-refractivity contribution in [1.29, 1.82) is 0 Å². The van der Waals surface area contributed by atoms with Crippen LogP contribution < -0.4 is 5.32 Å². The van der Waals surface area contributed by atoms with E-state index >= 15 is 0 Å². The normalized spacial score (nSPS) is 10.6. The van der Waals surface area contributed by atoms with Crippen LogP contribution in [0.2, 0.25) is 0 Å². The molecule has 0 aliphatic carbocycles. The van der Waals surface area contributed by atoms with E-state index in [1.807, 2.05) is 32.0 Å². The van der Waals surface area contributed by atoms with Crippen molar-refractivity contribution in [3.8, 4) is 5.69 Å². The number of carbonyl (C=O) groups is 2. The second-order valence-corrected chi connectivity index (χ2v) is 7.65. The lowest BCUT2D eigenvalue weighted by Gasteiger charge is -2.11. The maximum Gasteiger partial charge on any atom is 0.253 e. The van der Waals surface area contributed by atoms with Gasteiger partial charge in [-0.1, -0.05) is 23.9 Å². The van der Waals surface area contributed by atoms with Gasteiger partial charge in [0.25, 0.3) is 5.91 Å². The predicted octanol–water partition coefficient (Wildman–Crippen LogP) is 2.71. The van der Waals surface area contributed by atoms with Crippen LogP contribution >= 0.6 is 11.8 Å². The van der Waals surface area contributed by atoms with Gasteiger partial charge in [0.2, 0.25) is 11.1 Å². The molecule has 1 heterocycles. The van der Waals surface area contributed by atoms with Crippen LogP contribution in [-0.2, 0) is 4.79 Å². The van der Waals surface area contributed by atoms with E-state index in [1.54, 1.807) is 43.0 Å². The van der Waals surface area contributed by atoms with Gasteiger partial charge in [-0.15, -0.1) is 5.10 Å². The van der Waals surface area contributed by atoms with Gasteiger partial charge in [0.15, 0.2) is 0 Å². The number of hydrogen-bond acceptors (Lipinski definition) is 6. The van der Waals surface area contributed by atoms with Crippen LogP contribution in [0.5, 0.6) is 0 Å². The summed E-state index contributed by atoms with van der Waals surface area (Å²) in [4.78, 5) is 25.7. The van der Waals surface area contributed by atoms with E-state index in [0.717, 1.165) is 16.8 Å². The second kappa shape index (κ2) is 8.87. The van der Waals surface area contributed by atoms with E-state index in [1.165, 1.54) is 16.7 Å². The smallest absolute Gasteiger partial charge is 0.253 e. The first-order valence-electron chi connectivity index (χ1n) is 8.96. The van der Waals surface area contributed by atoms with Crippen molar-refractivity contribution in [3.63, 3.8) is 0 Å². The molecular weight excluding hydrogens is 388 g/mol. The summed E-state index contributed by atoms with van der Waals surface area (Å²) in [6.45, 7) is 4.04. The fraction of sp³-hybridized carbons (Fsp3) is 0.250. The van der Waals surface area contributed by atoms with Crippen molar-refractivity contribution < 1.29 is 9.59 Å². The first kappa shape index (κ1) is 20.5. The molecule has 0 atom stereocenters. The SMILES string of the molecule is Cc1cccc(-n2nnnc2SCC(=O)Nc2ccc(C(=O)N(C)C)cc2)c1C. The zero-order valence-corrected chi connectivity index (χ0v) is 17.5. The molecule has 3 rings (SSSR count). The molecule has 1 aromatic heterocycles. The summed E-state index contributed by atoms with van der Waals surface area (Å²) in [5.41, 5.74) is 4.30. The number of carbonyl (C=O) groups excluding carboxylic acids is 2. The third-order valence-electron chi connectivity index (χ3n) is 4.40. The lowest BCUT2D eigenvalue weighted by Crippen LogP contribution is -2.21. The van der Waals surface area contributed by atoms with Gasteiger partial charge in [0.1, 0.15) is 0 Å². The van der Waals surface area contributed by atoms with Crippen LogP contribution in [0.4, 0.5) is 5.69 Å². The molecule has 9 heteroatoms. The Hall–Kier alpha value is -3.20. The van der Waals surface area contributed by atoms with Crippen LogP contribution in [0.15, 0.2) is 47.6 Å². The number of nitrogens with zero attached hydrogens (tertiary/aromatic N) is 5. The Morgan fingerprint density at radius 1 is 1.10 bits per heavy atom. The van der Waals surface area contributed by atoms with Gasteiger partial charge in [-0.2, -0.15) is 4.68 Å². The van der Waals surface area contributed by atoms with Crippen LogP contribution in [0.1, 0.15) is 21.5 Å². The lowest BCUT2D eigenvalue weighted by molar-refractivity contribution is -0.113. The molecule has 3 aromatic rings. The lowest BCUT2D eigenvalue weighted by atomic mass is 10.1. The monoisotopic (exact) mass is 410 g/mol. The maximum atomic E-state index is 12.3. The maximum absolute atomic E-state index is 12.3. The summed E-state index contributed by atoms with van der Waals surface area (Å²) < 4.78 is 1.64. The Kier molecular flexibility index (Phi) is 6.28. The van der Waals surface area contributed by atoms with Gasteiger partial charge >= 0.3 is 0 Å². The molecule has 0 radical (unpaired) electrons. The van der Waals surface area contributed by atoms with E-state index < -0.39 is 0 Å². The fourth-order valence-electron chi connectivity index (χ4n) is 2.67. The van der Waals surface area contributed by atoms with Gasteiger partial charge in [-0.3, -0.25) is 9.59 Å². The Labute approximate surface area is 173 Å². The third kappa shape index (κ3) is 4.80. The fourth-order valence-corrected chi connectivity index (χ4v) is 3.35. The largest absolute Gasteiger partial charge is 0.345 e. The number of aryl methyl sites for hydroxylation is 1. The second-order valence-electron chi connectivity index (χ2n) is 6.71. The van der Waals surface area contributed by atoms with Crippen molar-refractivity contribution in [2.75, 3.05) is 25.2 Å². The molecule has 150 valence electrons. The number of aromatic nitrogens is 4. The molecular formula is C20H22N6O2S. The van der Waals surface area contributed by atoms with Crippen LogP contribution in [-0.4, -0.2) is 56.8 Å². The molecule has 0 saturated carbocycles. The Bertz CT molecular complexity index is 1030. The number of amides is 2. The standard InChI is InChI=1S/C20H22N6O2S/c1-13-6-5-7-17(14(13)2)26-20(22-23-24-26)29-12-18(27)21-16-10-8-15(9-11-16)19(28)25(3)4/h5-11H,12H2,1-4H3,(H,21,27). The first-order valence-corrected chi connectivity index (χ1v) is 9.94. The number of benzene rings is 2. The number of rotatable bonds is 6. The van der Waals surface area contributed by atoms with E-state index in [-0.39, 0.29) is 17.6 Å². The topological polar surface area (TPSA) is 93.0 Å². The molecule has 2 aromatic carbocycles. The number of thioether (sulfide) groups is 1. The highest BCUT2D eigenvalue weighted by Gasteiger charge is 2.14. The predicted molar refractivity (Wildman–Crippen MR) is 112 cm³/mol. The molecule has 0 bridgehead atoms. The highest BCUT2D eigenvalue weighted by Crippen LogP contribution is 2.22. The molecule has 29 heavy (non-hydrogen) atoms. The third-order valence-corrected chi connectivity index (χ3v) is 5.32. The quantitative estimate of drug-likeness (QED) is 0.628. The molecule has 1 N–H and O–H groups in total. The average molecular weight is 411 g/mol. The van der Waals surface area contributed by atoms with E-state index in [4.69, 9.17) is 0 Å². The van der Waals surface area contributed by atoms with Crippen molar-refractivity contribution in [1.82, 2.24) is 25.1 Å². The van der Waals surface area contributed by atoms with Crippen LogP contribution in [0.3, 0.4) is 0 Å². The average Bonchev–Trinajstić information content (AvgIpc) is 3.17. The number of anilines is 1. The summed E-state index contributed by atoms with van der Waals surface area (Å²) in [7, 11) is 3.39. The highest BCUT2D eigenvalue weighted by molar-refractivity contribution is 7.99. The van der Waals surface area contributed by atoms with Gasteiger partial charge < -0.3 is 10.2 Å². The highest BCUT2D eigenvalue weighted by atomic mass is 32.2. The number of hydrogen-bond donors (Lipinski definition) is 1. The van der Waals surface area contributed by atoms with Gasteiger partial charge in [0.05, 0.1) is 11.4 Å². The van der Waals surface area contributed by atoms with Crippen LogP contribution in [0, 0.1) is 13.8 Å². The van der Waals surface area contributed by atoms with E-state index in [9.17, 15) is 9.59 Å². The summed E-state index contributed by atoms with van der Waals surface area (Å²) in [6, 6.07) is 12.7. The molecule has 0 spiro atoms. The van der Waals surface area contributed by atoms with Crippen molar-refractivity contribution >= 4 is 29.3 Å². The van der Waals surface area contributed by atoms with E-state index in [2.05, 4.69) is 20.8 Å². The molecule has 0 fully saturated rings. The number of nitrogens with one attached hydrogen (secondary N) is 1. The molecule has 8 nitrogen and oxygen atoms in total. The zero-order valence-electron chi connectivity index (χ0n) is 16.7. The van der Waals surface area contributed by atoms with Crippen molar-refractivity contribution in [3.05, 3.63) is 59.2 Å². The molecule has 2 amide bonds. The summed E-state index contributed by atoms with van der Waals surface area (Å²) in [5.74, 6) is -0.113. The van der Waals surface area contributed by atoms with E-state index in [0.29, 0.717) is 16.4 Å². The first-order chi connectivity index (χ1) is 13.9. The Morgan fingerprint density at radius 3 is 2.52 bits per heavy atom.